The largest absolute Gasteiger partial charge is 0.411 e. The second-order valence-electron chi connectivity index (χ2n) is 4.96. The Morgan fingerprint density at radius 1 is 1.46 bits per heavy atom. The summed E-state index contributed by atoms with van der Waals surface area (Å²) in [5.74, 6) is 0.214. The molecule has 0 aromatic rings. The van der Waals surface area contributed by atoms with Gasteiger partial charge in [0.25, 0.3) is 0 Å². The van der Waals surface area contributed by atoms with Crippen molar-refractivity contribution in [2.75, 3.05) is 0 Å². The quantitative estimate of drug-likeness (QED) is 0.458. The maximum Gasteiger partial charge on any atom is 0.187 e. The molecule has 0 aliphatic heterocycles. The Kier molecular flexibility index (Phi) is 1.44. The molecular formula is C10H15NO2. The number of carbonyl (C=O) groups excluding carboxylic acids is 1. The Bertz CT molecular complexity index is 306. The van der Waals surface area contributed by atoms with Gasteiger partial charge in [0, 0.05) is 11.3 Å². The lowest BCUT2D eigenvalue weighted by Gasteiger charge is -2.31. The topological polar surface area (TPSA) is 49.7 Å². The van der Waals surface area contributed by atoms with E-state index in [2.05, 4.69) is 19.0 Å². The van der Waals surface area contributed by atoms with E-state index in [0.29, 0.717) is 5.71 Å². The number of fused-ring (bicyclic) bond motifs is 2. The summed E-state index contributed by atoms with van der Waals surface area (Å²) in [5.41, 5.74) is 0.0731. The highest BCUT2D eigenvalue weighted by Gasteiger charge is 2.65. The number of rotatable bonds is 0. The predicted molar refractivity (Wildman–Crippen MR) is 48.8 cm³/mol. The molecule has 2 rings (SSSR count). The van der Waals surface area contributed by atoms with Crippen LogP contribution in [0.3, 0.4) is 0 Å². The average molecular weight is 181 g/mol. The molecule has 2 saturated carbocycles. The molecule has 0 spiro atoms. The first-order valence-corrected chi connectivity index (χ1v) is 4.72. The van der Waals surface area contributed by atoms with Crippen molar-refractivity contribution in [1.82, 2.24) is 0 Å². The molecule has 2 fully saturated rings. The standard InChI is InChI=1S/C10H15NO2/c1-9(2)6-4-5-10(9,3)8(12)7(6)11-13/h6,13H,4-5H2,1-3H3/t6-,10-/m0/s1. The van der Waals surface area contributed by atoms with Gasteiger partial charge >= 0.3 is 0 Å². The summed E-state index contributed by atoms with van der Waals surface area (Å²) in [5, 5.41) is 11.9. The van der Waals surface area contributed by atoms with Gasteiger partial charge in [-0.3, -0.25) is 4.79 Å². The maximum absolute atomic E-state index is 11.8. The first-order valence-electron chi connectivity index (χ1n) is 4.72. The van der Waals surface area contributed by atoms with E-state index in [1.165, 1.54) is 0 Å². The number of Topliss-reactive ketones (excluding diaryl/α,β-unsaturated/α-hetero) is 1. The van der Waals surface area contributed by atoms with Crippen molar-refractivity contribution in [1.29, 1.82) is 0 Å². The van der Waals surface area contributed by atoms with Gasteiger partial charge in [-0.2, -0.15) is 0 Å². The molecule has 2 bridgehead atoms. The molecule has 0 aromatic carbocycles. The van der Waals surface area contributed by atoms with Gasteiger partial charge in [-0.25, -0.2) is 0 Å². The van der Waals surface area contributed by atoms with Gasteiger partial charge < -0.3 is 5.21 Å². The van der Waals surface area contributed by atoms with Crippen LogP contribution in [0.4, 0.5) is 0 Å². The summed E-state index contributed by atoms with van der Waals surface area (Å²) in [6, 6.07) is 0. The molecule has 2 aliphatic carbocycles. The van der Waals surface area contributed by atoms with Crippen LogP contribution in [0.5, 0.6) is 0 Å². The van der Waals surface area contributed by atoms with Gasteiger partial charge in [0.1, 0.15) is 5.71 Å². The minimum absolute atomic E-state index is 0.0361. The van der Waals surface area contributed by atoms with Gasteiger partial charge in [-0.05, 0) is 18.3 Å². The van der Waals surface area contributed by atoms with Gasteiger partial charge in [-0.1, -0.05) is 25.9 Å². The van der Waals surface area contributed by atoms with E-state index in [1.54, 1.807) is 0 Å². The van der Waals surface area contributed by atoms with Crippen molar-refractivity contribution in [3.63, 3.8) is 0 Å². The first-order chi connectivity index (χ1) is 5.95. The Morgan fingerprint density at radius 2 is 2.08 bits per heavy atom. The average Bonchev–Trinajstić information content (AvgIpc) is 2.36. The van der Waals surface area contributed by atoms with Crippen molar-refractivity contribution in [2.24, 2.45) is 21.9 Å². The smallest absolute Gasteiger partial charge is 0.187 e. The van der Waals surface area contributed by atoms with Crippen LogP contribution in [0.25, 0.3) is 0 Å². The summed E-state index contributed by atoms with van der Waals surface area (Å²) in [6.45, 7) is 6.19. The Hall–Kier alpha value is -0.860. The number of nitrogens with zero attached hydrogens (tertiary/aromatic N) is 1. The normalized spacial score (nSPS) is 44.7. The molecule has 2 atom stereocenters. The molecule has 0 amide bonds. The lowest BCUT2D eigenvalue weighted by molar-refractivity contribution is -0.123. The summed E-state index contributed by atoms with van der Waals surface area (Å²) >= 11 is 0. The third kappa shape index (κ3) is 0.713. The fourth-order valence-corrected chi connectivity index (χ4v) is 2.94. The Morgan fingerprint density at radius 3 is 2.38 bits per heavy atom. The van der Waals surface area contributed by atoms with Crippen LogP contribution >= 0.6 is 0 Å². The zero-order valence-electron chi connectivity index (χ0n) is 8.29. The number of ketones is 1. The van der Waals surface area contributed by atoms with Crippen LogP contribution in [0.15, 0.2) is 5.16 Å². The van der Waals surface area contributed by atoms with Gasteiger partial charge in [0.2, 0.25) is 0 Å². The van der Waals surface area contributed by atoms with Crippen molar-refractivity contribution >= 4 is 11.5 Å². The highest BCUT2D eigenvalue weighted by atomic mass is 16.4. The van der Waals surface area contributed by atoms with Crippen molar-refractivity contribution in [2.45, 2.75) is 33.6 Å². The summed E-state index contributed by atoms with van der Waals surface area (Å²) in [4.78, 5) is 11.8. The molecule has 0 heterocycles. The maximum atomic E-state index is 11.8. The van der Waals surface area contributed by atoms with Crippen molar-refractivity contribution < 1.29 is 10.0 Å². The highest BCUT2D eigenvalue weighted by Crippen LogP contribution is 2.62. The van der Waals surface area contributed by atoms with E-state index in [-0.39, 0.29) is 22.5 Å². The molecule has 0 radical (unpaired) electrons. The minimum atomic E-state index is -0.292. The summed E-state index contributed by atoms with van der Waals surface area (Å²) in [6.07, 6.45) is 1.91. The first kappa shape index (κ1) is 8.73. The third-order valence-corrected chi connectivity index (χ3v) is 4.40. The van der Waals surface area contributed by atoms with Crippen LogP contribution in [0, 0.1) is 16.7 Å². The van der Waals surface area contributed by atoms with Crippen LogP contribution in [-0.4, -0.2) is 16.7 Å². The Balaban J connectivity index is 2.57. The molecule has 0 unspecified atom stereocenters. The number of carbonyl (C=O) groups is 1. The summed E-state index contributed by atoms with van der Waals surface area (Å²) in [7, 11) is 0. The molecular weight excluding hydrogens is 166 g/mol. The van der Waals surface area contributed by atoms with Crippen LogP contribution < -0.4 is 0 Å². The number of oxime groups is 1. The zero-order chi connectivity index (χ0) is 9.85. The van der Waals surface area contributed by atoms with Gasteiger partial charge in [-0.15, -0.1) is 0 Å². The van der Waals surface area contributed by atoms with E-state index in [1.807, 2.05) is 6.92 Å². The van der Waals surface area contributed by atoms with Crippen LogP contribution in [0.1, 0.15) is 33.6 Å². The highest BCUT2D eigenvalue weighted by molar-refractivity contribution is 6.45. The summed E-state index contributed by atoms with van der Waals surface area (Å²) < 4.78 is 0. The van der Waals surface area contributed by atoms with E-state index in [4.69, 9.17) is 5.21 Å². The molecule has 0 saturated heterocycles. The molecule has 3 heteroatoms. The number of hydrogen-bond donors (Lipinski definition) is 1. The molecule has 72 valence electrons. The molecule has 1 N–H and O–H groups in total. The fourth-order valence-electron chi connectivity index (χ4n) is 2.94. The van der Waals surface area contributed by atoms with E-state index in [0.717, 1.165) is 12.8 Å². The zero-order valence-corrected chi connectivity index (χ0v) is 8.29. The number of hydrogen-bond acceptors (Lipinski definition) is 3. The second-order valence-corrected chi connectivity index (χ2v) is 4.96. The van der Waals surface area contributed by atoms with Crippen molar-refractivity contribution in [3.05, 3.63) is 0 Å². The van der Waals surface area contributed by atoms with Crippen LogP contribution in [-0.2, 0) is 4.79 Å². The molecule has 2 aliphatic rings. The second kappa shape index (κ2) is 2.14. The molecule has 0 aromatic heterocycles. The monoisotopic (exact) mass is 181 g/mol. The third-order valence-electron chi connectivity index (χ3n) is 4.40. The minimum Gasteiger partial charge on any atom is -0.411 e. The predicted octanol–water partition coefficient (Wildman–Crippen LogP) is 1.84. The fraction of sp³-hybridized carbons (Fsp3) is 0.800. The van der Waals surface area contributed by atoms with E-state index < -0.39 is 0 Å². The van der Waals surface area contributed by atoms with Gasteiger partial charge in [0.15, 0.2) is 5.78 Å². The molecule has 3 nitrogen and oxygen atoms in total. The lowest BCUT2D eigenvalue weighted by atomic mass is 9.70. The molecule has 13 heavy (non-hydrogen) atoms. The van der Waals surface area contributed by atoms with Crippen LogP contribution in [0.2, 0.25) is 0 Å². The SMILES string of the molecule is CC1(C)[C@H]2CC[C@@]1(C)C(=O)C2=NO. The Labute approximate surface area is 77.8 Å². The van der Waals surface area contributed by atoms with Crippen molar-refractivity contribution in [3.8, 4) is 0 Å². The lowest BCUT2D eigenvalue weighted by Crippen LogP contribution is -2.33. The van der Waals surface area contributed by atoms with E-state index in [9.17, 15) is 4.79 Å². The van der Waals surface area contributed by atoms with Gasteiger partial charge in [0.05, 0.1) is 0 Å². The van der Waals surface area contributed by atoms with E-state index >= 15 is 0 Å².